The van der Waals surface area contributed by atoms with Crippen molar-refractivity contribution < 1.29 is 27.9 Å². The lowest BCUT2D eigenvalue weighted by Gasteiger charge is -2.07. The molecule has 0 spiro atoms. The minimum absolute atomic E-state index is 0.0258. The van der Waals surface area contributed by atoms with E-state index >= 15 is 0 Å². The van der Waals surface area contributed by atoms with Crippen molar-refractivity contribution in [3.05, 3.63) is 54.1 Å². The molecule has 0 heterocycles. The number of carbonyl (C=O) groups excluding carboxylic acids is 1. The number of nitrogens with one attached hydrogen (secondary N) is 1. The van der Waals surface area contributed by atoms with E-state index in [1.54, 1.807) is 5.32 Å². The highest BCUT2D eigenvalue weighted by atomic mass is 19.4. The molecule has 2 rings (SSSR count). The van der Waals surface area contributed by atoms with Crippen LogP contribution in [0.4, 0.5) is 30.2 Å². The van der Waals surface area contributed by atoms with Crippen molar-refractivity contribution in [2.24, 2.45) is 10.2 Å². The molecule has 0 unspecified atom stereocenters. The van der Waals surface area contributed by atoms with Crippen LogP contribution in [0.2, 0.25) is 0 Å². The second kappa shape index (κ2) is 6.90. The largest absolute Gasteiger partial charge is 0.478 e. The molecule has 2 aromatic rings. The second-order valence-electron chi connectivity index (χ2n) is 4.55. The zero-order chi connectivity index (χ0) is 17.7. The van der Waals surface area contributed by atoms with Gasteiger partial charge in [0.15, 0.2) is 0 Å². The molecule has 9 heteroatoms. The lowest BCUT2D eigenvalue weighted by Crippen LogP contribution is -2.29. The Morgan fingerprint density at radius 2 is 1.33 bits per heavy atom. The number of amides is 1. The number of hydrogen-bond donors (Lipinski definition) is 2. The predicted octanol–water partition coefficient (Wildman–Crippen LogP) is 4.30. The SMILES string of the molecule is O=C(O)c1ccc(N=Nc2ccc(NC(=O)C(F)(F)F)cc2)cc1. The van der Waals surface area contributed by atoms with Crippen LogP contribution in [0, 0.1) is 0 Å². The number of hydrogen-bond acceptors (Lipinski definition) is 4. The summed E-state index contributed by atoms with van der Waals surface area (Å²) in [6, 6.07) is 10.9. The fraction of sp³-hybridized carbons (Fsp3) is 0.0667. The summed E-state index contributed by atoms with van der Waals surface area (Å²) in [6.45, 7) is 0. The Morgan fingerprint density at radius 1 is 0.875 bits per heavy atom. The maximum absolute atomic E-state index is 12.1. The maximum atomic E-state index is 12.1. The lowest BCUT2D eigenvalue weighted by molar-refractivity contribution is -0.167. The average molecular weight is 337 g/mol. The van der Waals surface area contributed by atoms with Crippen LogP contribution < -0.4 is 5.32 Å². The van der Waals surface area contributed by atoms with Crippen molar-refractivity contribution in [1.29, 1.82) is 0 Å². The van der Waals surface area contributed by atoms with Gasteiger partial charge >= 0.3 is 18.1 Å². The first-order valence-electron chi connectivity index (χ1n) is 6.49. The molecule has 0 aliphatic rings. The van der Waals surface area contributed by atoms with Gasteiger partial charge in [0.1, 0.15) is 0 Å². The first-order valence-corrected chi connectivity index (χ1v) is 6.49. The Labute approximate surface area is 133 Å². The zero-order valence-corrected chi connectivity index (χ0v) is 11.9. The van der Waals surface area contributed by atoms with Gasteiger partial charge in [-0.3, -0.25) is 4.79 Å². The number of benzene rings is 2. The lowest BCUT2D eigenvalue weighted by atomic mass is 10.2. The third kappa shape index (κ3) is 4.63. The number of alkyl halides is 3. The molecule has 0 saturated carbocycles. The normalized spacial score (nSPS) is 11.5. The smallest absolute Gasteiger partial charge is 0.471 e. The first kappa shape index (κ1) is 17.1. The molecule has 0 bridgehead atoms. The molecule has 0 aliphatic carbocycles. The van der Waals surface area contributed by atoms with E-state index in [0.29, 0.717) is 11.4 Å². The van der Waals surface area contributed by atoms with E-state index < -0.39 is 18.1 Å². The molecule has 2 N–H and O–H groups in total. The van der Waals surface area contributed by atoms with Crippen LogP contribution in [0.25, 0.3) is 0 Å². The summed E-state index contributed by atoms with van der Waals surface area (Å²) in [6.07, 6.45) is -4.96. The second-order valence-corrected chi connectivity index (χ2v) is 4.55. The van der Waals surface area contributed by atoms with Crippen LogP contribution in [-0.2, 0) is 4.79 Å². The minimum Gasteiger partial charge on any atom is -0.478 e. The Kier molecular flexibility index (Phi) is 4.93. The molecule has 0 aromatic heterocycles. The van der Waals surface area contributed by atoms with E-state index in [4.69, 9.17) is 5.11 Å². The van der Waals surface area contributed by atoms with Gasteiger partial charge in [-0.1, -0.05) is 0 Å². The van der Waals surface area contributed by atoms with Crippen molar-refractivity contribution in [2.45, 2.75) is 6.18 Å². The van der Waals surface area contributed by atoms with E-state index in [-0.39, 0.29) is 11.3 Å². The van der Waals surface area contributed by atoms with E-state index in [1.165, 1.54) is 48.5 Å². The van der Waals surface area contributed by atoms with Crippen LogP contribution >= 0.6 is 0 Å². The summed E-state index contributed by atoms with van der Waals surface area (Å²) in [5, 5.41) is 18.2. The minimum atomic E-state index is -4.96. The fourth-order valence-corrected chi connectivity index (χ4v) is 1.60. The van der Waals surface area contributed by atoms with Gasteiger partial charge in [0.25, 0.3) is 0 Å². The molecular formula is C15H10F3N3O3. The van der Waals surface area contributed by atoms with Gasteiger partial charge in [-0.15, -0.1) is 0 Å². The zero-order valence-electron chi connectivity index (χ0n) is 11.9. The Bertz CT molecular complexity index is 769. The maximum Gasteiger partial charge on any atom is 0.471 e. The third-order valence-corrected chi connectivity index (χ3v) is 2.78. The molecule has 1 amide bonds. The number of aromatic carboxylic acids is 1. The van der Waals surface area contributed by atoms with Crippen LogP contribution in [0.3, 0.4) is 0 Å². The van der Waals surface area contributed by atoms with Crippen LogP contribution in [0.1, 0.15) is 10.4 Å². The quantitative estimate of drug-likeness (QED) is 0.815. The standard InChI is InChI=1S/C15H10F3N3O3/c16-15(17,18)14(24)19-10-5-7-12(8-6-10)21-20-11-3-1-9(2-4-11)13(22)23/h1-8H,(H,19,24)(H,22,23). The van der Waals surface area contributed by atoms with Gasteiger partial charge in [-0.25, -0.2) is 4.79 Å². The first-order chi connectivity index (χ1) is 11.3. The summed E-state index contributed by atoms with van der Waals surface area (Å²) in [4.78, 5) is 21.5. The summed E-state index contributed by atoms with van der Waals surface area (Å²) in [7, 11) is 0. The van der Waals surface area contributed by atoms with Crippen LogP contribution in [-0.4, -0.2) is 23.2 Å². The molecule has 0 radical (unpaired) electrons. The van der Waals surface area contributed by atoms with Gasteiger partial charge in [0.05, 0.1) is 16.9 Å². The highest BCUT2D eigenvalue weighted by Crippen LogP contribution is 2.22. The Balaban J connectivity index is 2.03. The topological polar surface area (TPSA) is 91.1 Å². The number of carbonyl (C=O) groups is 2. The Hall–Kier alpha value is -3.23. The van der Waals surface area contributed by atoms with Crippen molar-refractivity contribution in [2.75, 3.05) is 5.32 Å². The van der Waals surface area contributed by atoms with E-state index in [0.717, 1.165) is 0 Å². The number of rotatable bonds is 4. The Morgan fingerprint density at radius 3 is 1.75 bits per heavy atom. The summed E-state index contributed by atoms with van der Waals surface area (Å²) in [5.74, 6) is -3.12. The molecule has 0 aliphatic heterocycles. The summed E-state index contributed by atoms with van der Waals surface area (Å²) < 4.78 is 36.4. The van der Waals surface area contributed by atoms with Crippen molar-refractivity contribution in [3.8, 4) is 0 Å². The molecule has 0 atom stereocenters. The molecule has 0 saturated heterocycles. The molecule has 6 nitrogen and oxygen atoms in total. The van der Waals surface area contributed by atoms with Gasteiger partial charge in [-0.05, 0) is 48.5 Å². The number of nitrogens with zero attached hydrogens (tertiary/aromatic N) is 2. The van der Waals surface area contributed by atoms with E-state index in [2.05, 4.69) is 10.2 Å². The fourth-order valence-electron chi connectivity index (χ4n) is 1.60. The monoisotopic (exact) mass is 337 g/mol. The summed E-state index contributed by atoms with van der Waals surface area (Å²) >= 11 is 0. The van der Waals surface area contributed by atoms with Crippen molar-refractivity contribution >= 4 is 28.9 Å². The van der Waals surface area contributed by atoms with Crippen LogP contribution in [0.5, 0.6) is 0 Å². The summed E-state index contributed by atoms with van der Waals surface area (Å²) in [5.41, 5.74) is 0.845. The van der Waals surface area contributed by atoms with Crippen molar-refractivity contribution in [3.63, 3.8) is 0 Å². The van der Waals surface area contributed by atoms with E-state index in [9.17, 15) is 22.8 Å². The highest BCUT2D eigenvalue weighted by molar-refractivity contribution is 5.95. The van der Waals surface area contributed by atoms with Crippen molar-refractivity contribution in [1.82, 2.24) is 0 Å². The number of carboxylic acid groups (broad SMARTS) is 1. The third-order valence-electron chi connectivity index (χ3n) is 2.78. The number of anilines is 1. The highest BCUT2D eigenvalue weighted by Gasteiger charge is 2.38. The van der Waals surface area contributed by atoms with Crippen LogP contribution in [0.15, 0.2) is 58.8 Å². The number of halogens is 3. The predicted molar refractivity (Wildman–Crippen MR) is 78.7 cm³/mol. The van der Waals surface area contributed by atoms with Gasteiger partial charge in [0.2, 0.25) is 0 Å². The molecule has 2 aromatic carbocycles. The molecule has 124 valence electrons. The van der Waals surface area contributed by atoms with E-state index in [1.807, 2.05) is 0 Å². The van der Waals surface area contributed by atoms with Gasteiger partial charge in [0, 0.05) is 5.69 Å². The molecular weight excluding hydrogens is 327 g/mol. The number of azo groups is 1. The average Bonchev–Trinajstić information content (AvgIpc) is 2.53. The van der Waals surface area contributed by atoms with Gasteiger partial charge in [-0.2, -0.15) is 23.4 Å². The molecule has 0 fully saturated rings. The van der Waals surface area contributed by atoms with Gasteiger partial charge < -0.3 is 10.4 Å². The number of carboxylic acids is 1. The molecule has 24 heavy (non-hydrogen) atoms.